The molecular weight excluding hydrogens is 191 g/mol. The first-order valence-electron chi connectivity index (χ1n) is 5.47. The lowest BCUT2D eigenvalue weighted by molar-refractivity contribution is 0.372. The smallest absolute Gasteiger partial charge is 0.146 e. The van der Waals surface area contributed by atoms with Gasteiger partial charge in [-0.25, -0.2) is 4.39 Å². The van der Waals surface area contributed by atoms with Crippen LogP contribution in [-0.4, -0.2) is 12.0 Å². The molecule has 0 aliphatic rings. The van der Waals surface area contributed by atoms with Gasteiger partial charge in [0.25, 0.3) is 0 Å². The van der Waals surface area contributed by atoms with E-state index in [1.807, 2.05) is 7.05 Å². The third-order valence-electron chi connectivity index (χ3n) is 2.76. The number of nitrogens with one attached hydrogen (secondary N) is 1. The normalized spacial score (nSPS) is 14.9. The lowest BCUT2D eigenvalue weighted by Gasteiger charge is -2.23. The van der Waals surface area contributed by atoms with Gasteiger partial charge >= 0.3 is 0 Å². The minimum atomic E-state index is -0.222. The van der Waals surface area contributed by atoms with Crippen molar-refractivity contribution >= 4 is 0 Å². The minimum absolute atomic E-state index is 0.0768. The largest absolute Gasteiger partial charge is 0.313 e. The Hall–Kier alpha value is -0.960. The highest BCUT2D eigenvalue weighted by molar-refractivity contribution is 5.18. The molecule has 0 spiro atoms. The molecule has 1 aromatic rings. The molecule has 0 bridgehead atoms. The fourth-order valence-corrected chi connectivity index (χ4v) is 2.01. The molecule has 2 atom stereocenters. The van der Waals surface area contributed by atoms with Crippen molar-refractivity contribution in [1.82, 2.24) is 10.3 Å². The van der Waals surface area contributed by atoms with Gasteiger partial charge in [0.15, 0.2) is 0 Å². The van der Waals surface area contributed by atoms with Crippen molar-refractivity contribution < 1.29 is 4.39 Å². The van der Waals surface area contributed by atoms with E-state index >= 15 is 0 Å². The Balaban J connectivity index is 2.87. The van der Waals surface area contributed by atoms with Gasteiger partial charge < -0.3 is 5.32 Å². The predicted octanol–water partition coefficient (Wildman–Crippen LogP) is 2.92. The monoisotopic (exact) mass is 210 g/mol. The highest BCUT2D eigenvalue weighted by Gasteiger charge is 2.19. The van der Waals surface area contributed by atoms with Crippen LogP contribution in [0.1, 0.15) is 38.3 Å². The van der Waals surface area contributed by atoms with Crippen LogP contribution in [0.25, 0.3) is 0 Å². The van der Waals surface area contributed by atoms with Crippen LogP contribution < -0.4 is 5.32 Å². The fourth-order valence-electron chi connectivity index (χ4n) is 2.01. The molecule has 1 rings (SSSR count). The van der Waals surface area contributed by atoms with Crippen LogP contribution in [0.4, 0.5) is 4.39 Å². The van der Waals surface area contributed by atoms with Crippen LogP contribution in [0.2, 0.25) is 0 Å². The summed E-state index contributed by atoms with van der Waals surface area (Å²) in [5.41, 5.74) is 0.716. The van der Waals surface area contributed by atoms with Gasteiger partial charge in [-0.1, -0.05) is 20.3 Å². The Morgan fingerprint density at radius 1 is 1.53 bits per heavy atom. The van der Waals surface area contributed by atoms with Crippen LogP contribution >= 0.6 is 0 Å². The minimum Gasteiger partial charge on any atom is -0.313 e. The van der Waals surface area contributed by atoms with E-state index in [4.69, 9.17) is 0 Å². The number of hydrogen-bond acceptors (Lipinski definition) is 2. The van der Waals surface area contributed by atoms with Gasteiger partial charge in [-0.05, 0) is 25.5 Å². The molecule has 2 unspecified atom stereocenters. The Bertz CT molecular complexity index is 301. The van der Waals surface area contributed by atoms with E-state index in [0.717, 1.165) is 12.8 Å². The second kappa shape index (κ2) is 5.81. The highest BCUT2D eigenvalue weighted by atomic mass is 19.1. The van der Waals surface area contributed by atoms with E-state index < -0.39 is 0 Å². The molecule has 2 nitrogen and oxygen atoms in total. The SMILES string of the molecule is CCCC(C)C(NC)c1ccncc1F. The Labute approximate surface area is 90.9 Å². The summed E-state index contributed by atoms with van der Waals surface area (Å²) in [7, 11) is 1.87. The Morgan fingerprint density at radius 3 is 2.80 bits per heavy atom. The van der Waals surface area contributed by atoms with Crippen LogP contribution in [0, 0.1) is 11.7 Å². The number of halogens is 1. The van der Waals surface area contributed by atoms with Crippen LogP contribution in [0.3, 0.4) is 0 Å². The van der Waals surface area contributed by atoms with E-state index in [0.29, 0.717) is 11.5 Å². The zero-order valence-corrected chi connectivity index (χ0v) is 9.63. The summed E-state index contributed by atoms with van der Waals surface area (Å²) >= 11 is 0. The van der Waals surface area contributed by atoms with Gasteiger partial charge in [0.1, 0.15) is 5.82 Å². The van der Waals surface area contributed by atoms with Gasteiger partial charge in [0.05, 0.1) is 6.20 Å². The standard InChI is InChI=1S/C12H19FN2/c1-4-5-9(2)12(14-3)10-6-7-15-8-11(10)13/h6-9,12,14H,4-5H2,1-3H3. The van der Waals surface area contributed by atoms with E-state index in [1.54, 1.807) is 12.3 Å². The summed E-state index contributed by atoms with van der Waals surface area (Å²) in [6.45, 7) is 4.29. The van der Waals surface area contributed by atoms with E-state index in [1.165, 1.54) is 6.20 Å². The zero-order valence-electron chi connectivity index (χ0n) is 9.63. The third-order valence-corrected chi connectivity index (χ3v) is 2.76. The average molecular weight is 210 g/mol. The average Bonchev–Trinajstić information content (AvgIpc) is 2.22. The van der Waals surface area contributed by atoms with Gasteiger partial charge in [-0.3, -0.25) is 4.98 Å². The van der Waals surface area contributed by atoms with Crippen molar-refractivity contribution in [1.29, 1.82) is 0 Å². The van der Waals surface area contributed by atoms with Crippen LogP contribution in [0.15, 0.2) is 18.5 Å². The maximum Gasteiger partial charge on any atom is 0.146 e. The van der Waals surface area contributed by atoms with Crippen molar-refractivity contribution in [3.8, 4) is 0 Å². The molecule has 1 N–H and O–H groups in total. The van der Waals surface area contributed by atoms with Crippen molar-refractivity contribution in [2.24, 2.45) is 5.92 Å². The van der Waals surface area contributed by atoms with Gasteiger partial charge in [0, 0.05) is 17.8 Å². The van der Waals surface area contributed by atoms with Gasteiger partial charge in [-0.15, -0.1) is 0 Å². The summed E-state index contributed by atoms with van der Waals surface area (Å²) in [4.78, 5) is 3.76. The maximum atomic E-state index is 13.5. The quantitative estimate of drug-likeness (QED) is 0.808. The molecule has 0 amide bonds. The molecule has 3 heteroatoms. The van der Waals surface area contributed by atoms with Crippen molar-refractivity contribution in [2.45, 2.75) is 32.7 Å². The molecule has 0 aliphatic carbocycles. The number of aromatic nitrogens is 1. The lowest BCUT2D eigenvalue weighted by Crippen LogP contribution is -2.24. The van der Waals surface area contributed by atoms with Crippen molar-refractivity contribution in [3.05, 3.63) is 29.8 Å². The molecule has 0 fully saturated rings. The summed E-state index contributed by atoms with van der Waals surface area (Å²) in [5, 5.41) is 3.18. The summed E-state index contributed by atoms with van der Waals surface area (Å²) in [6.07, 6.45) is 5.12. The van der Waals surface area contributed by atoms with Crippen LogP contribution in [0.5, 0.6) is 0 Å². The van der Waals surface area contributed by atoms with Gasteiger partial charge in [0.2, 0.25) is 0 Å². The lowest BCUT2D eigenvalue weighted by atomic mass is 9.91. The summed E-state index contributed by atoms with van der Waals surface area (Å²) < 4.78 is 13.5. The maximum absolute atomic E-state index is 13.5. The molecule has 1 heterocycles. The molecule has 1 aromatic heterocycles. The number of pyridine rings is 1. The molecule has 84 valence electrons. The zero-order chi connectivity index (χ0) is 11.3. The highest BCUT2D eigenvalue weighted by Crippen LogP contribution is 2.26. The molecule has 0 aromatic carbocycles. The summed E-state index contributed by atoms with van der Waals surface area (Å²) in [6, 6.07) is 1.83. The molecule has 15 heavy (non-hydrogen) atoms. The molecule has 0 radical (unpaired) electrons. The predicted molar refractivity (Wildman–Crippen MR) is 60.1 cm³/mol. The number of nitrogens with zero attached hydrogens (tertiary/aromatic N) is 1. The first kappa shape index (κ1) is 12.1. The first-order valence-corrected chi connectivity index (χ1v) is 5.47. The van der Waals surface area contributed by atoms with E-state index in [2.05, 4.69) is 24.1 Å². The topological polar surface area (TPSA) is 24.9 Å². The Morgan fingerprint density at radius 2 is 2.27 bits per heavy atom. The second-order valence-corrected chi connectivity index (χ2v) is 3.93. The molecular formula is C12H19FN2. The van der Waals surface area contributed by atoms with E-state index in [9.17, 15) is 4.39 Å². The van der Waals surface area contributed by atoms with Crippen molar-refractivity contribution in [2.75, 3.05) is 7.05 Å². The first-order chi connectivity index (χ1) is 7.20. The van der Waals surface area contributed by atoms with Crippen molar-refractivity contribution in [3.63, 3.8) is 0 Å². The van der Waals surface area contributed by atoms with Crippen LogP contribution in [-0.2, 0) is 0 Å². The van der Waals surface area contributed by atoms with E-state index in [-0.39, 0.29) is 11.9 Å². The summed E-state index contributed by atoms with van der Waals surface area (Å²) in [5.74, 6) is 0.205. The molecule has 0 aliphatic heterocycles. The fraction of sp³-hybridized carbons (Fsp3) is 0.583. The Kier molecular flexibility index (Phi) is 4.69. The number of hydrogen-bond donors (Lipinski definition) is 1. The molecule has 0 saturated carbocycles. The van der Waals surface area contributed by atoms with Gasteiger partial charge in [-0.2, -0.15) is 0 Å². The molecule has 0 saturated heterocycles. The third kappa shape index (κ3) is 2.99. The number of rotatable bonds is 5. The second-order valence-electron chi connectivity index (χ2n) is 3.93.